The summed E-state index contributed by atoms with van der Waals surface area (Å²) in [6.45, 7) is 1.68. The van der Waals surface area contributed by atoms with Crippen molar-refractivity contribution >= 4 is 0 Å². The minimum atomic E-state index is -0.431. The third-order valence-electron chi connectivity index (χ3n) is 3.26. The molecule has 5 nitrogen and oxygen atoms in total. The maximum absolute atomic E-state index is 11.8. The van der Waals surface area contributed by atoms with Crippen LogP contribution in [-0.2, 0) is 0 Å². The Kier molecular flexibility index (Phi) is 3.89. The summed E-state index contributed by atoms with van der Waals surface area (Å²) < 4.78 is 5.72. The summed E-state index contributed by atoms with van der Waals surface area (Å²) in [6.07, 6.45) is 0. The van der Waals surface area contributed by atoms with E-state index in [0.717, 1.165) is 5.75 Å². The second-order valence-electron chi connectivity index (χ2n) is 4.93. The minimum Gasteiger partial charge on any atom is -0.457 e. The van der Waals surface area contributed by atoms with Crippen LogP contribution in [-0.4, -0.2) is 9.97 Å². The van der Waals surface area contributed by atoms with Crippen LogP contribution in [0.4, 0.5) is 0 Å². The van der Waals surface area contributed by atoms with Crippen LogP contribution >= 0.6 is 0 Å². The number of nitriles is 1. The highest BCUT2D eigenvalue weighted by Gasteiger charge is 2.12. The van der Waals surface area contributed by atoms with Crippen molar-refractivity contribution in [2.24, 2.45) is 0 Å². The third kappa shape index (κ3) is 3.11. The zero-order valence-corrected chi connectivity index (χ0v) is 12.4. The fourth-order valence-corrected chi connectivity index (χ4v) is 2.20. The van der Waals surface area contributed by atoms with E-state index in [1.165, 1.54) is 0 Å². The van der Waals surface area contributed by atoms with Gasteiger partial charge >= 0.3 is 0 Å². The fourth-order valence-electron chi connectivity index (χ4n) is 2.20. The number of H-pyrrole nitrogens is 1. The molecule has 0 fully saturated rings. The van der Waals surface area contributed by atoms with Gasteiger partial charge in [0, 0.05) is 5.56 Å². The highest BCUT2D eigenvalue weighted by molar-refractivity contribution is 5.66. The first-order chi connectivity index (χ1) is 11.2. The summed E-state index contributed by atoms with van der Waals surface area (Å²) in [4.78, 5) is 18.6. The molecule has 3 aromatic rings. The Morgan fingerprint density at radius 2 is 1.70 bits per heavy atom. The normalized spacial score (nSPS) is 10.1. The van der Waals surface area contributed by atoms with Gasteiger partial charge in [0.15, 0.2) is 0 Å². The predicted octanol–water partition coefficient (Wildman–Crippen LogP) is 3.41. The van der Waals surface area contributed by atoms with Crippen molar-refractivity contribution in [3.63, 3.8) is 0 Å². The summed E-state index contributed by atoms with van der Waals surface area (Å²) in [6, 6.07) is 18.5. The Balaban J connectivity index is 1.95. The summed E-state index contributed by atoms with van der Waals surface area (Å²) >= 11 is 0. The molecule has 0 atom stereocenters. The van der Waals surface area contributed by atoms with E-state index in [0.29, 0.717) is 22.8 Å². The van der Waals surface area contributed by atoms with E-state index >= 15 is 0 Å². The van der Waals surface area contributed by atoms with Crippen molar-refractivity contribution in [2.45, 2.75) is 6.92 Å². The zero-order chi connectivity index (χ0) is 16.2. The molecule has 0 bridgehead atoms. The lowest BCUT2D eigenvalue weighted by Gasteiger charge is -2.07. The first-order valence-corrected chi connectivity index (χ1v) is 7.02. The smallest absolute Gasteiger partial charge is 0.269 e. The van der Waals surface area contributed by atoms with Crippen LogP contribution in [0.1, 0.15) is 11.4 Å². The molecule has 0 unspecified atom stereocenters. The van der Waals surface area contributed by atoms with Crippen LogP contribution in [0.15, 0.2) is 59.4 Å². The van der Waals surface area contributed by atoms with Gasteiger partial charge in [-0.05, 0) is 43.3 Å². The Morgan fingerprint density at radius 1 is 1.04 bits per heavy atom. The van der Waals surface area contributed by atoms with Gasteiger partial charge in [0.1, 0.15) is 29.0 Å². The molecule has 23 heavy (non-hydrogen) atoms. The molecule has 1 heterocycles. The molecule has 5 heteroatoms. The van der Waals surface area contributed by atoms with Gasteiger partial charge in [0.2, 0.25) is 0 Å². The lowest BCUT2D eigenvalue weighted by molar-refractivity contribution is 0.483. The van der Waals surface area contributed by atoms with E-state index in [4.69, 9.17) is 10.00 Å². The highest BCUT2D eigenvalue weighted by atomic mass is 16.5. The van der Waals surface area contributed by atoms with E-state index in [9.17, 15) is 4.79 Å². The maximum atomic E-state index is 11.8. The molecule has 1 N–H and O–H groups in total. The molecular formula is C18H13N3O2. The number of nitrogens with zero attached hydrogens (tertiary/aromatic N) is 2. The van der Waals surface area contributed by atoms with E-state index in [2.05, 4.69) is 9.97 Å². The Labute approximate surface area is 132 Å². The number of aromatic nitrogens is 2. The van der Waals surface area contributed by atoms with Crippen LogP contribution in [0.25, 0.3) is 11.3 Å². The van der Waals surface area contributed by atoms with Crippen molar-refractivity contribution in [2.75, 3.05) is 0 Å². The number of nitrogens with one attached hydrogen (secondary N) is 1. The number of rotatable bonds is 3. The quantitative estimate of drug-likeness (QED) is 0.804. The highest BCUT2D eigenvalue weighted by Crippen LogP contribution is 2.25. The topological polar surface area (TPSA) is 78.8 Å². The van der Waals surface area contributed by atoms with Crippen LogP contribution < -0.4 is 10.3 Å². The van der Waals surface area contributed by atoms with Crippen LogP contribution in [0.3, 0.4) is 0 Å². The number of aryl methyl sites for hydroxylation is 1. The molecule has 0 spiro atoms. The molecular weight excluding hydrogens is 290 g/mol. The van der Waals surface area contributed by atoms with Gasteiger partial charge in [-0.15, -0.1) is 0 Å². The summed E-state index contributed by atoms with van der Waals surface area (Å²) in [7, 11) is 0. The first-order valence-electron chi connectivity index (χ1n) is 7.02. The predicted molar refractivity (Wildman–Crippen MR) is 86.3 cm³/mol. The average molecular weight is 303 g/mol. The molecule has 0 amide bonds. The van der Waals surface area contributed by atoms with Crippen LogP contribution in [0.2, 0.25) is 0 Å². The van der Waals surface area contributed by atoms with Crippen molar-refractivity contribution in [1.29, 1.82) is 5.26 Å². The largest absolute Gasteiger partial charge is 0.457 e. The lowest BCUT2D eigenvalue weighted by atomic mass is 10.1. The van der Waals surface area contributed by atoms with Crippen molar-refractivity contribution in [3.05, 3.63) is 76.3 Å². The molecule has 2 aromatic carbocycles. The second-order valence-corrected chi connectivity index (χ2v) is 4.93. The monoisotopic (exact) mass is 303 g/mol. The number of benzene rings is 2. The number of hydrogen-bond donors (Lipinski definition) is 1. The lowest BCUT2D eigenvalue weighted by Crippen LogP contribution is -2.15. The number of aromatic amines is 1. The van der Waals surface area contributed by atoms with Gasteiger partial charge in [-0.25, -0.2) is 4.98 Å². The molecule has 0 aliphatic carbocycles. The average Bonchev–Trinajstić information content (AvgIpc) is 2.56. The Morgan fingerprint density at radius 3 is 2.35 bits per heavy atom. The van der Waals surface area contributed by atoms with Crippen LogP contribution in [0, 0.1) is 18.3 Å². The van der Waals surface area contributed by atoms with Gasteiger partial charge in [-0.3, -0.25) is 4.79 Å². The van der Waals surface area contributed by atoms with E-state index in [1.54, 1.807) is 31.2 Å². The third-order valence-corrected chi connectivity index (χ3v) is 3.26. The number of para-hydroxylation sites is 1. The molecule has 112 valence electrons. The van der Waals surface area contributed by atoms with Crippen molar-refractivity contribution in [1.82, 2.24) is 9.97 Å². The van der Waals surface area contributed by atoms with Gasteiger partial charge in [0.25, 0.3) is 5.56 Å². The van der Waals surface area contributed by atoms with Gasteiger partial charge in [-0.2, -0.15) is 5.26 Å². The standard InChI is InChI=1S/C18H13N3O2/c1-12-20-17(16(11-19)18(22)21-12)13-7-9-15(10-8-13)23-14-5-3-2-4-6-14/h2-10H,1H3,(H,20,21,22). The minimum absolute atomic E-state index is 0.00678. The van der Waals surface area contributed by atoms with E-state index in [-0.39, 0.29) is 5.56 Å². The van der Waals surface area contributed by atoms with Gasteiger partial charge in [0.05, 0.1) is 5.69 Å². The molecule has 3 rings (SSSR count). The van der Waals surface area contributed by atoms with Gasteiger partial charge < -0.3 is 9.72 Å². The van der Waals surface area contributed by atoms with Crippen molar-refractivity contribution in [3.8, 4) is 28.8 Å². The Bertz CT molecular complexity index is 923. The Hall–Kier alpha value is -3.39. The summed E-state index contributed by atoms with van der Waals surface area (Å²) in [5.74, 6) is 1.87. The first kappa shape index (κ1) is 14.5. The number of ether oxygens (including phenoxy) is 1. The van der Waals surface area contributed by atoms with Crippen LogP contribution in [0.5, 0.6) is 11.5 Å². The zero-order valence-electron chi connectivity index (χ0n) is 12.4. The summed E-state index contributed by atoms with van der Waals surface area (Å²) in [5.41, 5.74) is 0.642. The summed E-state index contributed by atoms with van der Waals surface area (Å²) in [5, 5.41) is 9.17. The molecule has 0 radical (unpaired) electrons. The molecule has 0 saturated carbocycles. The van der Waals surface area contributed by atoms with Gasteiger partial charge in [-0.1, -0.05) is 18.2 Å². The number of hydrogen-bond acceptors (Lipinski definition) is 4. The van der Waals surface area contributed by atoms with E-state index < -0.39 is 5.56 Å². The molecule has 0 aliphatic rings. The van der Waals surface area contributed by atoms with E-state index in [1.807, 2.05) is 36.4 Å². The second kappa shape index (κ2) is 6.16. The molecule has 0 saturated heterocycles. The fraction of sp³-hybridized carbons (Fsp3) is 0.0556. The maximum Gasteiger partial charge on any atom is 0.269 e. The molecule has 0 aliphatic heterocycles. The van der Waals surface area contributed by atoms with Crippen molar-refractivity contribution < 1.29 is 4.74 Å². The molecule has 1 aromatic heterocycles. The SMILES string of the molecule is Cc1nc(-c2ccc(Oc3ccccc3)cc2)c(C#N)c(=O)[nH]1.